The number of nitrogens with one attached hydrogen (secondary N) is 1. The van der Waals surface area contributed by atoms with Gasteiger partial charge < -0.3 is 20.1 Å². The molecule has 0 saturated carbocycles. The highest BCUT2D eigenvalue weighted by molar-refractivity contribution is 5.95. The van der Waals surface area contributed by atoms with Gasteiger partial charge in [0.2, 0.25) is 0 Å². The van der Waals surface area contributed by atoms with Crippen LogP contribution in [0, 0.1) is 0 Å². The molecule has 33 heavy (non-hydrogen) atoms. The Labute approximate surface area is 195 Å². The molecule has 1 aliphatic carbocycles. The number of aromatic nitrogens is 1. The highest BCUT2D eigenvalue weighted by Gasteiger charge is 2.22. The van der Waals surface area contributed by atoms with Gasteiger partial charge in [-0.2, -0.15) is 0 Å². The van der Waals surface area contributed by atoms with Gasteiger partial charge in [-0.15, -0.1) is 0 Å². The second-order valence-electron chi connectivity index (χ2n) is 8.59. The summed E-state index contributed by atoms with van der Waals surface area (Å²) in [6.45, 7) is 2.51. The van der Waals surface area contributed by atoms with Crippen molar-refractivity contribution in [2.45, 2.75) is 38.2 Å². The normalized spacial score (nSPS) is 15.9. The maximum Gasteiger partial charge on any atom is 0.340 e. The van der Waals surface area contributed by atoms with E-state index in [0.29, 0.717) is 17.2 Å². The standard InChI is InChI=1S/C27H31N3O3/c1-18(31)19-7-9-22(10-8-19)30(2)23-11-12-24-20(15-23)5-4-6-21(24)16-29-26-17-28-14-13-25(26)27(32)33-3/h7-15,17-18,21,29,31H,4-6,16H2,1-3H3/t18-,21+/m1/s1. The van der Waals surface area contributed by atoms with Crippen molar-refractivity contribution in [3.05, 3.63) is 83.2 Å². The van der Waals surface area contributed by atoms with E-state index in [2.05, 4.69) is 40.4 Å². The predicted octanol–water partition coefficient (Wildman–Crippen LogP) is 5.22. The van der Waals surface area contributed by atoms with Crippen LogP contribution < -0.4 is 10.2 Å². The smallest absolute Gasteiger partial charge is 0.340 e. The molecule has 1 heterocycles. The van der Waals surface area contributed by atoms with Gasteiger partial charge in [0.05, 0.1) is 30.7 Å². The number of esters is 1. The summed E-state index contributed by atoms with van der Waals surface area (Å²) in [6.07, 6.45) is 6.11. The summed E-state index contributed by atoms with van der Waals surface area (Å²) >= 11 is 0. The van der Waals surface area contributed by atoms with Gasteiger partial charge in [0.15, 0.2) is 0 Å². The Bertz CT molecular complexity index is 1110. The average Bonchev–Trinajstić information content (AvgIpc) is 2.86. The molecule has 0 radical (unpaired) electrons. The molecule has 0 aliphatic heterocycles. The van der Waals surface area contributed by atoms with Crippen LogP contribution in [-0.2, 0) is 11.2 Å². The summed E-state index contributed by atoms with van der Waals surface area (Å²) in [5.41, 5.74) is 7.08. The van der Waals surface area contributed by atoms with Crippen LogP contribution in [0.4, 0.5) is 17.1 Å². The van der Waals surface area contributed by atoms with Gasteiger partial charge in [0, 0.05) is 37.1 Å². The zero-order valence-corrected chi connectivity index (χ0v) is 19.4. The molecule has 0 bridgehead atoms. The molecular weight excluding hydrogens is 414 g/mol. The maximum atomic E-state index is 12.0. The Kier molecular flexibility index (Phi) is 6.94. The number of carbonyl (C=O) groups excluding carboxylic acids is 1. The van der Waals surface area contributed by atoms with Crippen molar-refractivity contribution >= 4 is 23.0 Å². The van der Waals surface area contributed by atoms with Crippen molar-refractivity contribution in [1.82, 2.24) is 4.98 Å². The van der Waals surface area contributed by atoms with Crippen LogP contribution in [0.15, 0.2) is 60.9 Å². The number of nitrogens with zero attached hydrogens (tertiary/aromatic N) is 2. The minimum absolute atomic E-state index is 0.363. The largest absolute Gasteiger partial charge is 0.465 e. The fourth-order valence-corrected chi connectivity index (χ4v) is 4.50. The number of hydrogen-bond acceptors (Lipinski definition) is 6. The van der Waals surface area contributed by atoms with E-state index < -0.39 is 6.10 Å². The van der Waals surface area contributed by atoms with Crippen LogP contribution in [-0.4, -0.2) is 36.8 Å². The van der Waals surface area contributed by atoms with E-state index in [1.807, 2.05) is 24.3 Å². The van der Waals surface area contributed by atoms with Crippen LogP contribution >= 0.6 is 0 Å². The van der Waals surface area contributed by atoms with E-state index in [9.17, 15) is 9.90 Å². The van der Waals surface area contributed by atoms with Gasteiger partial charge >= 0.3 is 5.97 Å². The third kappa shape index (κ3) is 5.01. The summed E-state index contributed by atoms with van der Waals surface area (Å²) in [4.78, 5) is 18.4. The van der Waals surface area contributed by atoms with E-state index in [4.69, 9.17) is 4.74 Å². The van der Waals surface area contributed by atoms with Gasteiger partial charge in [-0.05, 0) is 73.2 Å². The lowest BCUT2D eigenvalue weighted by molar-refractivity contribution is 0.0601. The number of anilines is 3. The zero-order valence-electron chi connectivity index (χ0n) is 19.4. The first kappa shape index (κ1) is 22.8. The third-order valence-corrected chi connectivity index (χ3v) is 6.48. The second-order valence-corrected chi connectivity index (χ2v) is 8.59. The molecule has 0 saturated heterocycles. The molecule has 1 aromatic heterocycles. The molecule has 3 aromatic rings. The van der Waals surface area contributed by atoms with E-state index in [-0.39, 0.29) is 5.97 Å². The van der Waals surface area contributed by atoms with Crippen LogP contribution in [0.3, 0.4) is 0 Å². The molecule has 0 fully saturated rings. The molecule has 0 amide bonds. The molecule has 2 aromatic carbocycles. The fourth-order valence-electron chi connectivity index (χ4n) is 4.50. The van der Waals surface area contributed by atoms with Crippen LogP contribution in [0.1, 0.15) is 58.8 Å². The summed E-state index contributed by atoms with van der Waals surface area (Å²) in [6, 6.07) is 16.4. The number of ether oxygens (including phenoxy) is 1. The number of fused-ring (bicyclic) bond motifs is 1. The monoisotopic (exact) mass is 445 g/mol. The summed E-state index contributed by atoms with van der Waals surface area (Å²) in [5, 5.41) is 13.2. The fraction of sp³-hybridized carbons (Fsp3) is 0.333. The first-order valence-electron chi connectivity index (χ1n) is 11.4. The van der Waals surface area contributed by atoms with Crippen molar-refractivity contribution < 1.29 is 14.6 Å². The number of pyridine rings is 1. The first-order chi connectivity index (χ1) is 16.0. The SMILES string of the molecule is COC(=O)c1ccncc1NC[C@@H]1CCCc2cc(N(C)c3ccc([C@@H](C)O)cc3)ccc21. The Hall–Kier alpha value is -3.38. The van der Waals surface area contributed by atoms with Crippen molar-refractivity contribution in [2.24, 2.45) is 0 Å². The molecule has 2 atom stereocenters. The quantitative estimate of drug-likeness (QED) is 0.486. The number of aliphatic hydroxyl groups excluding tert-OH is 1. The number of methoxy groups -OCH3 is 1. The number of carbonyl (C=O) groups is 1. The Morgan fingerprint density at radius 2 is 1.97 bits per heavy atom. The first-order valence-corrected chi connectivity index (χ1v) is 11.4. The number of aliphatic hydroxyl groups is 1. The topological polar surface area (TPSA) is 74.7 Å². The van der Waals surface area contributed by atoms with Gasteiger partial charge in [0.1, 0.15) is 0 Å². The second kappa shape index (κ2) is 10.0. The number of benzene rings is 2. The molecule has 1 aliphatic rings. The number of rotatable bonds is 7. The zero-order chi connectivity index (χ0) is 23.4. The summed E-state index contributed by atoms with van der Waals surface area (Å²) in [7, 11) is 3.46. The van der Waals surface area contributed by atoms with Crippen LogP contribution in [0.5, 0.6) is 0 Å². The molecule has 6 heteroatoms. The lowest BCUT2D eigenvalue weighted by atomic mass is 9.82. The van der Waals surface area contributed by atoms with E-state index in [1.165, 1.54) is 18.2 Å². The Balaban J connectivity index is 1.50. The minimum Gasteiger partial charge on any atom is -0.465 e. The molecular formula is C27H31N3O3. The Morgan fingerprint density at radius 3 is 2.70 bits per heavy atom. The van der Waals surface area contributed by atoms with Crippen molar-refractivity contribution in [3.63, 3.8) is 0 Å². The minimum atomic E-state index is -0.464. The highest BCUT2D eigenvalue weighted by atomic mass is 16.5. The van der Waals surface area contributed by atoms with E-state index in [0.717, 1.165) is 42.7 Å². The summed E-state index contributed by atoms with van der Waals surface area (Å²) in [5.74, 6) is 0.00207. The molecule has 0 spiro atoms. The third-order valence-electron chi connectivity index (χ3n) is 6.48. The lowest BCUT2D eigenvalue weighted by Gasteiger charge is -2.28. The van der Waals surface area contributed by atoms with Gasteiger partial charge in [-0.3, -0.25) is 4.98 Å². The highest BCUT2D eigenvalue weighted by Crippen LogP contribution is 2.36. The van der Waals surface area contributed by atoms with Crippen molar-refractivity contribution in [2.75, 3.05) is 30.9 Å². The van der Waals surface area contributed by atoms with E-state index in [1.54, 1.807) is 25.4 Å². The number of aryl methyl sites for hydroxylation is 1. The molecule has 6 nitrogen and oxygen atoms in total. The lowest BCUT2D eigenvalue weighted by Crippen LogP contribution is -2.20. The van der Waals surface area contributed by atoms with Crippen molar-refractivity contribution in [3.8, 4) is 0 Å². The predicted molar refractivity (Wildman–Crippen MR) is 131 cm³/mol. The molecule has 4 rings (SSSR count). The molecule has 2 N–H and O–H groups in total. The molecule has 0 unspecified atom stereocenters. The summed E-state index contributed by atoms with van der Waals surface area (Å²) < 4.78 is 4.89. The average molecular weight is 446 g/mol. The number of hydrogen-bond donors (Lipinski definition) is 2. The van der Waals surface area contributed by atoms with Crippen LogP contribution in [0.25, 0.3) is 0 Å². The van der Waals surface area contributed by atoms with Gasteiger partial charge in [-0.1, -0.05) is 18.2 Å². The van der Waals surface area contributed by atoms with Crippen LogP contribution in [0.2, 0.25) is 0 Å². The van der Waals surface area contributed by atoms with Crippen molar-refractivity contribution in [1.29, 1.82) is 0 Å². The maximum absolute atomic E-state index is 12.0. The van der Waals surface area contributed by atoms with Gasteiger partial charge in [0.25, 0.3) is 0 Å². The Morgan fingerprint density at radius 1 is 1.21 bits per heavy atom. The molecule has 172 valence electrons. The van der Waals surface area contributed by atoms with Gasteiger partial charge in [-0.25, -0.2) is 4.79 Å². The van der Waals surface area contributed by atoms with E-state index >= 15 is 0 Å².